The van der Waals surface area contributed by atoms with E-state index in [-0.39, 0.29) is 11.3 Å². The van der Waals surface area contributed by atoms with E-state index in [9.17, 15) is 4.79 Å². The molecule has 0 aromatic heterocycles. The first-order valence-electron chi connectivity index (χ1n) is 8.01. The summed E-state index contributed by atoms with van der Waals surface area (Å²) < 4.78 is 6.91. The Labute approximate surface area is 157 Å². The van der Waals surface area contributed by atoms with E-state index < -0.39 is 6.10 Å². The Kier molecular flexibility index (Phi) is 5.91. The van der Waals surface area contributed by atoms with E-state index in [4.69, 9.17) is 4.74 Å². The lowest BCUT2D eigenvalue weighted by Gasteiger charge is -2.20. The van der Waals surface area contributed by atoms with Gasteiger partial charge in [0.2, 0.25) is 0 Å². The van der Waals surface area contributed by atoms with Gasteiger partial charge in [-0.2, -0.15) is 0 Å². The number of hydrogen-bond donors (Lipinski definition) is 1. The Hall–Kier alpha value is -1.56. The Balaban J connectivity index is 2.01. The van der Waals surface area contributed by atoms with Gasteiger partial charge in [-0.05, 0) is 83.3 Å². The summed E-state index contributed by atoms with van der Waals surface area (Å²) in [7, 11) is 0. The lowest BCUT2D eigenvalue weighted by molar-refractivity contribution is -0.122. The molecule has 0 saturated carbocycles. The molecule has 0 heterocycles. The molecular weight excluding hydrogens is 413 g/mol. The Bertz CT molecular complexity index is 717. The summed E-state index contributed by atoms with van der Waals surface area (Å²) in [5.41, 5.74) is 3.20. The van der Waals surface area contributed by atoms with E-state index in [1.165, 1.54) is 5.56 Å². The number of amides is 1. The minimum atomic E-state index is -0.566. The highest BCUT2D eigenvalue weighted by Crippen LogP contribution is 2.25. The standard InChI is InChI=1S/C20H24INO2/c1-13-12-16(21)8-11-18(13)22-19(23)14(2)24-17-9-6-15(7-10-17)20(3,4)5/h6-12,14H,1-5H3,(H,22,23)/t14-/m1/s1. The van der Waals surface area contributed by atoms with E-state index in [1.54, 1.807) is 6.92 Å². The Morgan fingerprint density at radius 1 is 1.12 bits per heavy atom. The van der Waals surface area contributed by atoms with Gasteiger partial charge in [-0.1, -0.05) is 32.9 Å². The predicted octanol–water partition coefficient (Wildman–Crippen LogP) is 5.30. The van der Waals surface area contributed by atoms with Crippen molar-refractivity contribution in [2.24, 2.45) is 0 Å². The molecule has 1 N–H and O–H groups in total. The highest BCUT2D eigenvalue weighted by molar-refractivity contribution is 14.1. The molecule has 2 rings (SSSR count). The van der Waals surface area contributed by atoms with Gasteiger partial charge < -0.3 is 10.1 Å². The number of halogens is 1. The number of rotatable bonds is 4. The van der Waals surface area contributed by atoms with Crippen LogP contribution < -0.4 is 10.1 Å². The molecule has 0 spiro atoms. The third-order valence-electron chi connectivity index (χ3n) is 3.85. The number of carbonyl (C=O) groups is 1. The van der Waals surface area contributed by atoms with Gasteiger partial charge in [0.1, 0.15) is 5.75 Å². The monoisotopic (exact) mass is 437 g/mol. The molecule has 128 valence electrons. The van der Waals surface area contributed by atoms with Crippen LogP contribution in [0.1, 0.15) is 38.8 Å². The van der Waals surface area contributed by atoms with Crippen molar-refractivity contribution in [1.29, 1.82) is 0 Å². The SMILES string of the molecule is Cc1cc(I)ccc1NC(=O)[C@@H](C)Oc1ccc(C(C)(C)C)cc1. The van der Waals surface area contributed by atoms with Crippen LogP contribution in [0.5, 0.6) is 5.75 Å². The molecule has 1 atom stereocenters. The maximum Gasteiger partial charge on any atom is 0.265 e. The molecule has 3 nitrogen and oxygen atoms in total. The molecule has 0 aliphatic rings. The summed E-state index contributed by atoms with van der Waals surface area (Å²) in [5, 5.41) is 2.93. The molecule has 1 amide bonds. The molecule has 0 radical (unpaired) electrons. The van der Waals surface area contributed by atoms with E-state index in [1.807, 2.05) is 49.4 Å². The molecule has 2 aromatic carbocycles. The maximum absolute atomic E-state index is 12.3. The fraction of sp³-hybridized carbons (Fsp3) is 0.350. The number of nitrogens with one attached hydrogen (secondary N) is 1. The van der Waals surface area contributed by atoms with Crippen molar-refractivity contribution in [3.63, 3.8) is 0 Å². The van der Waals surface area contributed by atoms with Crippen LogP contribution >= 0.6 is 22.6 Å². The first-order chi connectivity index (χ1) is 11.2. The van der Waals surface area contributed by atoms with Gasteiger partial charge in [0.05, 0.1) is 0 Å². The minimum absolute atomic E-state index is 0.101. The van der Waals surface area contributed by atoms with Crippen LogP contribution in [-0.4, -0.2) is 12.0 Å². The van der Waals surface area contributed by atoms with Crippen molar-refractivity contribution in [3.8, 4) is 5.75 Å². The summed E-state index contributed by atoms with van der Waals surface area (Å²) in [4.78, 5) is 12.3. The predicted molar refractivity (Wildman–Crippen MR) is 108 cm³/mol. The van der Waals surface area contributed by atoms with Gasteiger partial charge >= 0.3 is 0 Å². The molecule has 4 heteroatoms. The molecule has 0 aliphatic heterocycles. The summed E-state index contributed by atoms with van der Waals surface area (Å²) >= 11 is 2.25. The molecule has 0 fully saturated rings. The van der Waals surface area contributed by atoms with Crippen molar-refractivity contribution >= 4 is 34.2 Å². The minimum Gasteiger partial charge on any atom is -0.481 e. The van der Waals surface area contributed by atoms with Gasteiger partial charge in [-0.3, -0.25) is 4.79 Å². The van der Waals surface area contributed by atoms with Crippen molar-refractivity contribution in [3.05, 3.63) is 57.2 Å². The average Bonchev–Trinajstić information content (AvgIpc) is 2.49. The highest BCUT2D eigenvalue weighted by Gasteiger charge is 2.17. The number of aryl methyl sites for hydroxylation is 1. The quantitative estimate of drug-likeness (QED) is 0.659. The molecule has 0 saturated heterocycles. The summed E-state index contributed by atoms with van der Waals surface area (Å²) in [6, 6.07) is 13.8. The molecule has 0 bridgehead atoms. The first-order valence-corrected chi connectivity index (χ1v) is 9.09. The van der Waals surface area contributed by atoms with Crippen LogP contribution in [0, 0.1) is 10.5 Å². The van der Waals surface area contributed by atoms with Gasteiger partial charge in [0.15, 0.2) is 6.10 Å². The zero-order valence-corrected chi connectivity index (χ0v) is 17.0. The van der Waals surface area contributed by atoms with E-state index in [2.05, 4.69) is 48.7 Å². The third kappa shape index (κ3) is 4.97. The van der Waals surface area contributed by atoms with Crippen LogP contribution in [0.25, 0.3) is 0 Å². The van der Waals surface area contributed by atoms with E-state index in [0.29, 0.717) is 5.75 Å². The zero-order chi connectivity index (χ0) is 17.9. The second-order valence-electron chi connectivity index (χ2n) is 6.98. The number of carbonyl (C=O) groups excluding carboxylic acids is 1. The van der Waals surface area contributed by atoms with Crippen LogP contribution in [0.3, 0.4) is 0 Å². The first kappa shape index (κ1) is 18.8. The second-order valence-corrected chi connectivity index (χ2v) is 8.23. The van der Waals surface area contributed by atoms with Gasteiger partial charge in [-0.25, -0.2) is 0 Å². The van der Waals surface area contributed by atoms with E-state index >= 15 is 0 Å². The second kappa shape index (κ2) is 7.55. The zero-order valence-electron chi connectivity index (χ0n) is 14.8. The van der Waals surface area contributed by atoms with Gasteiger partial charge in [-0.15, -0.1) is 0 Å². The van der Waals surface area contributed by atoms with Crippen molar-refractivity contribution < 1.29 is 9.53 Å². The summed E-state index contributed by atoms with van der Waals surface area (Å²) in [6.07, 6.45) is -0.566. The van der Waals surface area contributed by atoms with Crippen molar-refractivity contribution in [2.75, 3.05) is 5.32 Å². The van der Waals surface area contributed by atoms with Gasteiger partial charge in [0.25, 0.3) is 5.91 Å². The molecule has 24 heavy (non-hydrogen) atoms. The fourth-order valence-electron chi connectivity index (χ4n) is 2.29. The van der Waals surface area contributed by atoms with E-state index in [0.717, 1.165) is 14.8 Å². The lowest BCUT2D eigenvalue weighted by atomic mass is 9.87. The number of ether oxygens (including phenoxy) is 1. The summed E-state index contributed by atoms with van der Waals surface area (Å²) in [6.45, 7) is 10.2. The molecular formula is C20H24INO2. The average molecular weight is 437 g/mol. The van der Waals surface area contributed by atoms with Crippen molar-refractivity contribution in [1.82, 2.24) is 0 Å². The Morgan fingerprint density at radius 3 is 2.29 bits per heavy atom. The number of anilines is 1. The summed E-state index contributed by atoms with van der Waals surface area (Å²) in [5.74, 6) is 0.546. The van der Waals surface area contributed by atoms with Crippen LogP contribution in [0.4, 0.5) is 5.69 Å². The number of hydrogen-bond acceptors (Lipinski definition) is 2. The fourth-order valence-corrected chi connectivity index (χ4v) is 2.94. The maximum atomic E-state index is 12.3. The topological polar surface area (TPSA) is 38.3 Å². The van der Waals surface area contributed by atoms with Crippen LogP contribution in [-0.2, 0) is 10.2 Å². The van der Waals surface area contributed by atoms with Gasteiger partial charge in [0, 0.05) is 9.26 Å². The third-order valence-corrected chi connectivity index (χ3v) is 4.52. The largest absolute Gasteiger partial charge is 0.481 e. The molecule has 0 aliphatic carbocycles. The molecule has 0 unspecified atom stereocenters. The van der Waals surface area contributed by atoms with Crippen LogP contribution in [0.15, 0.2) is 42.5 Å². The smallest absolute Gasteiger partial charge is 0.265 e. The lowest BCUT2D eigenvalue weighted by Crippen LogP contribution is -2.30. The Morgan fingerprint density at radius 2 is 1.75 bits per heavy atom. The normalized spacial score (nSPS) is 12.6. The number of benzene rings is 2. The van der Waals surface area contributed by atoms with Crippen molar-refractivity contribution in [2.45, 2.75) is 46.1 Å². The molecule has 2 aromatic rings. The highest BCUT2D eigenvalue weighted by atomic mass is 127. The van der Waals surface area contributed by atoms with Crippen LogP contribution in [0.2, 0.25) is 0 Å².